The van der Waals surface area contributed by atoms with Crippen molar-refractivity contribution in [2.45, 2.75) is 32.9 Å². The zero-order valence-electron chi connectivity index (χ0n) is 8.83. The molecule has 1 aromatic heterocycles. The molecule has 15 heavy (non-hydrogen) atoms. The molecule has 0 saturated carbocycles. The average molecular weight is 275 g/mol. The largest absolute Gasteiger partial charge is 0.368 e. The van der Waals surface area contributed by atoms with Gasteiger partial charge in [-0.3, -0.25) is 9.48 Å². The van der Waals surface area contributed by atoms with Crippen LogP contribution in [0.15, 0.2) is 4.47 Å². The van der Waals surface area contributed by atoms with Crippen LogP contribution in [0.3, 0.4) is 0 Å². The number of amides is 1. The van der Waals surface area contributed by atoms with Crippen molar-refractivity contribution in [1.82, 2.24) is 9.78 Å². The van der Waals surface area contributed by atoms with Crippen molar-refractivity contribution in [3.8, 4) is 0 Å². The molecule has 0 fully saturated rings. The third-order valence-corrected chi connectivity index (χ3v) is 3.46. The number of aromatic nitrogens is 2. The summed E-state index contributed by atoms with van der Waals surface area (Å²) in [4.78, 5) is 10.7. The molecule has 1 atom stereocenters. The molecule has 0 radical (unpaired) electrons. The summed E-state index contributed by atoms with van der Waals surface area (Å²) in [6, 6.07) is -0.604. The quantitative estimate of drug-likeness (QED) is 0.837. The Kier molecular flexibility index (Phi) is 3.87. The minimum Gasteiger partial charge on any atom is -0.368 e. The summed E-state index contributed by atoms with van der Waals surface area (Å²) in [5.41, 5.74) is 12.6. The Morgan fingerprint density at radius 1 is 1.60 bits per heavy atom. The van der Waals surface area contributed by atoms with E-state index in [0.29, 0.717) is 13.0 Å². The molecule has 0 aliphatic heterocycles. The monoisotopic (exact) mass is 274 g/mol. The molecule has 6 heteroatoms. The van der Waals surface area contributed by atoms with E-state index in [0.717, 1.165) is 15.9 Å². The molecule has 0 aliphatic carbocycles. The Morgan fingerprint density at radius 2 is 2.20 bits per heavy atom. The molecule has 1 rings (SSSR count). The van der Waals surface area contributed by atoms with Crippen LogP contribution in [0.25, 0.3) is 0 Å². The fourth-order valence-corrected chi connectivity index (χ4v) is 1.58. The van der Waals surface area contributed by atoms with Crippen molar-refractivity contribution < 1.29 is 4.79 Å². The minimum absolute atomic E-state index is 0.476. The lowest BCUT2D eigenvalue weighted by Gasteiger charge is -2.08. The summed E-state index contributed by atoms with van der Waals surface area (Å²) in [6.07, 6.45) is 0.504. The van der Waals surface area contributed by atoms with Crippen LogP contribution in [0.5, 0.6) is 0 Å². The van der Waals surface area contributed by atoms with Gasteiger partial charge in [0.25, 0.3) is 0 Å². The van der Waals surface area contributed by atoms with E-state index in [2.05, 4.69) is 21.0 Å². The molecule has 0 aliphatic rings. The first-order chi connectivity index (χ1) is 6.93. The maximum Gasteiger partial charge on any atom is 0.234 e. The molecule has 0 spiro atoms. The van der Waals surface area contributed by atoms with E-state index in [1.165, 1.54) is 0 Å². The van der Waals surface area contributed by atoms with E-state index in [4.69, 9.17) is 11.5 Å². The van der Waals surface area contributed by atoms with Crippen LogP contribution in [0.2, 0.25) is 0 Å². The number of nitrogens with zero attached hydrogens (tertiary/aromatic N) is 2. The topological polar surface area (TPSA) is 86.9 Å². The highest BCUT2D eigenvalue weighted by Gasteiger charge is 2.12. The first-order valence-corrected chi connectivity index (χ1v) is 5.47. The first kappa shape index (κ1) is 12.2. The van der Waals surface area contributed by atoms with Crippen LogP contribution in [-0.4, -0.2) is 21.7 Å². The number of rotatable bonds is 4. The highest BCUT2D eigenvalue weighted by Crippen LogP contribution is 2.19. The second-order valence-corrected chi connectivity index (χ2v) is 4.30. The number of primary amides is 1. The Morgan fingerprint density at radius 3 is 2.60 bits per heavy atom. The summed E-state index contributed by atoms with van der Waals surface area (Å²) in [5.74, 6) is -0.476. The number of carbonyl (C=O) groups excluding carboxylic acids is 1. The van der Waals surface area contributed by atoms with Gasteiger partial charge < -0.3 is 11.5 Å². The first-order valence-electron chi connectivity index (χ1n) is 4.68. The maximum absolute atomic E-state index is 10.7. The van der Waals surface area contributed by atoms with Crippen molar-refractivity contribution in [3.63, 3.8) is 0 Å². The van der Waals surface area contributed by atoms with E-state index < -0.39 is 11.9 Å². The van der Waals surface area contributed by atoms with Crippen molar-refractivity contribution >= 4 is 21.8 Å². The summed E-state index contributed by atoms with van der Waals surface area (Å²) in [7, 11) is 0. The zero-order chi connectivity index (χ0) is 11.6. The normalized spacial score (nSPS) is 12.8. The van der Waals surface area contributed by atoms with E-state index in [1.807, 2.05) is 18.5 Å². The van der Waals surface area contributed by atoms with Gasteiger partial charge in [0, 0.05) is 12.2 Å². The SMILES string of the molecule is Cc1nn(CCC(N)C(N)=O)c(C)c1Br. The molecule has 84 valence electrons. The minimum atomic E-state index is -0.604. The average Bonchev–Trinajstić information content (AvgIpc) is 2.42. The second kappa shape index (κ2) is 4.76. The summed E-state index contributed by atoms with van der Waals surface area (Å²) >= 11 is 3.43. The highest BCUT2D eigenvalue weighted by atomic mass is 79.9. The van der Waals surface area contributed by atoms with E-state index in [1.54, 1.807) is 0 Å². The molecule has 0 aromatic carbocycles. The van der Waals surface area contributed by atoms with E-state index in [9.17, 15) is 4.79 Å². The van der Waals surface area contributed by atoms with Crippen LogP contribution < -0.4 is 11.5 Å². The second-order valence-electron chi connectivity index (χ2n) is 3.51. The molecule has 1 amide bonds. The van der Waals surface area contributed by atoms with Gasteiger partial charge in [-0.25, -0.2) is 0 Å². The van der Waals surface area contributed by atoms with Gasteiger partial charge in [0.1, 0.15) is 0 Å². The van der Waals surface area contributed by atoms with Gasteiger partial charge in [0.15, 0.2) is 0 Å². The van der Waals surface area contributed by atoms with Crippen molar-refractivity contribution in [3.05, 3.63) is 15.9 Å². The van der Waals surface area contributed by atoms with Gasteiger partial charge in [-0.15, -0.1) is 0 Å². The number of carbonyl (C=O) groups is 1. The standard InChI is InChI=1S/C9H15BrN4O/c1-5-8(10)6(2)14(13-5)4-3-7(11)9(12)15/h7H,3-4,11H2,1-2H3,(H2,12,15). The smallest absolute Gasteiger partial charge is 0.234 e. The summed E-state index contributed by atoms with van der Waals surface area (Å²) in [5, 5.41) is 4.30. The van der Waals surface area contributed by atoms with Crippen molar-refractivity contribution in [2.24, 2.45) is 11.5 Å². The van der Waals surface area contributed by atoms with Gasteiger partial charge in [-0.05, 0) is 36.2 Å². The highest BCUT2D eigenvalue weighted by molar-refractivity contribution is 9.10. The van der Waals surface area contributed by atoms with Gasteiger partial charge >= 0.3 is 0 Å². The molecule has 0 bridgehead atoms. The Bertz CT molecular complexity index is 374. The van der Waals surface area contributed by atoms with Crippen LogP contribution in [-0.2, 0) is 11.3 Å². The fraction of sp³-hybridized carbons (Fsp3) is 0.556. The van der Waals surface area contributed by atoms with Crippen molar-refractivity contribution in [2.75, 3.05) is 0 Å². The van der Waals surface area contributed by atoms with E-state index >= 15 is 0 Å². The molecule has 1 aromatic rings. The van der Waals surface area contributed by atoms with Crippen molar-refractivity contribution in [1.29, 1.82) is 0 Å². The maximum atomic E-state index is 10.7. The Labute approximate surface area is 96.9 Å². The molecule has 5 nitrogen and oxygen atoms in total. The third kappa shape index (κ3) is 2.79. The lowest BCUT2D eigenvalue weighted by atomic mass is 10.2. The number of halogens is 1. The Hall–Kier alpha value is -0.880. The zero-order valence-corrected chi connectivity index (χ0v) is 10.4. The predicted molar refractivity (Wildman–Crippen MR) is 61.2 cm³/mol. The number of aryl methyl sites for hydroxylation is 2. The summed E-state index contributed by atoms with van der Waals surface area (Å²) < 4.78 is 2.82. The molecular formula is C9H15BrN4O. The predicted octanol–water partition coefficient (Wildman–Crippen LogP) is 0.465. The van der Waals surface area contributed by atoms with Crippen LogP contribution in [0.1, 0.15) is 17.8 Å². The molecule has 1 unspecified atom stereocenters. The van der Waals surface area contributed by atoms with Gasteiger partial charge in [0.05, 0.1) is 16.2 Å². The molecule has 0 saturated heterocycles. The van der Waals surface area contributed by atoms with Gasteiger partial charge in [-0.2, -0.15) is 5.10 Å². The Balaban J connectivity index is 2.66. The van der Waals surface area contributed by atoms with E-state index in [-0.39, 0.29) is 0 Å². The van der Waals surface area contributed by atoms with Crippen LogP contribution in [0, 0.1) is 13.8 Å². The summed E-state index contributed by atoms with van der Waals surface area (Å²) in [6.45, 7) is 4.48. The fourth-order valence-electron chi connectivity index (χ4n) is 1.30. The third-order valence-electron chi connectivity index (χ3n) is 2.31. The van der Waals surface area contributed by atoms with Crippen LogP contribution in [0.4, 0.5) is 0 Å². The van der Waals surface area contributed by atoms with Gasteiger partial charge in [0.2, 0.25) is 5.91 Å². The lowest BCUT2D eigenvalue weighted by Crippen LogP contribution is -2.37. The molecular weight excluding hydrogens is 260 g/mol. The van der Waals surface area contributed by atoms with Crippen LogP contribution >= 0.6 is 15.9 Å². The van der Waals surface area contributed by atoms with Gasteiger partial charge in [-0.1, -0.05) is 0 Å². The lowest BCUT2D eigenvalue weighted by molar-refractivity contribution is -0.119. The number of hydrogen-bond acceptors (Lipinski definition) is 3. The molecule has 4 N–H and O–H groups in total. The molecule has 1 heterocycles. The number of hydrogen-bond donors (Lipinski definition) is 2. The number of nitrogens with two attached hydrogens (primary N) is 2.